The van der Waals surface area contributed by atoms with Gasteiger partial charge in [-0.05, 0) is 63.6 Å². The number of ether oxygens (including phenoxy) is 3. The Balaban J connectivity index is 1.49. The summed E-state index contributed by atoms with van der Waals surface area (Å²) in [4.78, 5) is 60.1. The molecule has 0 spiro atoms. The Hall–Kier alpha value is -4.06. The molecule has 2 aromatic rings. The van der Waals surface area contributed by atoms with Gasteiger partial charge in [-0.2, -0.15) is 13.2 Å². The Kier molecular flexibility index (Phi) is 10.6. The third-order valence-corrected chi connectivity index (χ3v) is 11.3. The first-order chi connectivity index (χ1) is 24.4. The molecule has 3 N–H and O–H groups in total. The largest absolute Gasteiger partial charge is 0.494 e. The number of sulfonamides is 1. The molecule has 5 rings (SSSR count). The van der Waals surface area contributed by atoms with E-state index in [4.69, 9.17) is 25.8 Å². The summed E-state index contributed by atoms with van der Waals surface area (Å²) in [6.45, 7) is 9.54. The van der Waals surface area contributed by atoms with Crippen molar-refractivity contribution in [2.24, 2.45) is 11.3 Å². The molecule has 3 aliphatic rings. The van der Waals surface area contributed by atoms with Gasteiger partial charge in [0.05, 0.1) is 31.0 Å². The maximum Gasteiger partial charge on any atom is 0.408 e. The summed E-state index contributed by atoms with van der Waals surface area (Å²) in [5.41, 5.74) is -4.55. The number of methoxy groups -OCH3 is 1. The van der Waals surface area contributed by atoms with E-state index in [1.165, 1.54) is 13.3 Å². The molecule has 53 heavy (non-hydrogen) atoms. The molecule has 14 nitrogen and oxygen atoms in total. The fraction of sp³-hybridized carbons (Fsp3) is 0.618. The first-order valence-corrected chi connectivity index (χ1v) is 18.8. The van der Waals surface area contributed by atoms with Crippen molar-refractivity contribution >= 4 is 56.2 Å². The zero-order chi connectivity index (χ0) is 39.5. The third-order valence-electron chi connectivity index (χ3n) is 9.20. The van der Waals surface area contributed by atoms with E-state index in [-0.39, 0.29) is 31.7 Å². The number of halogens is 4. The van der Waals surface area contributed by atoms with Crippen LogP contribution in [0.3, 0.4) is 0 Å². The van der Waals surface area contributed by atoms with E-state index < -0.39 is 92.3 Å². The van der Waals surface area contributed by atoms with Crippen molar-refractivity contribution < 1.29 is 55.0 Å². The maximum atomic E-state index is 14.4. The number of alkyl carbamates (subject to hydrolysis) is 1. The fourth-order valence-electron chi connectivity index (χ4n) is 6.28. The second kappa shape index (κ2) is 14.0. The quantitative estimate of drug-likeness (QED) is 0.315. The number of nitrogens with one attached hydrogen (secondary N) is 3. The van der Waals surface area contributed by atoms with Crippen molar-refractivity contribution in [1.82, 2.24) is 25.2 Å². The first-order valence-electron chi connectivity index (χ1n) is 16.9. The van der Waals surface area contributed by atoms with E-state index in [2.05, 4.69) is 15.6 Å². The number of fused-ring (bicyclic) bond motifs is 1. The zero-order valence-corrected chi connectivity index (χ0v) is 31.8. The normalized spacial score (nSPS) is 23.9. The monoisotopic (exact) mass is 789 g/mol. The lowest BCUT2D eigenvalue weighted by Gasteiger charge is -2.36. The molecule has 1 saturated heterocycles. The highest BCUT2D eigenvalue weighted by molar-refractivity contribution is 7.91. The summed E-state index contributed by atoms with van der Waals surface area (Å²) in [6.07, 6.45) is -6.21. The molecule has 2 aliphatic carbocycles. The van der Waals surface area contributed by atoms with E-state index in [0.717, 1.165) is 4.90 Å². The standard InChI is InChI=1S/C34H43ClF3N5O9S/c1-31(2,3)25(40-30(47)52-32(4,5)6)28(45)43-16-18(51-27-21-12-17(35)8-11-20(21)23(50-7)15-39-27)13-22(43)26(44)41-33(14-24(33)34(36,37)38)29(46)42-53(48,49)19-9-10-19/h8,11-12,15,18-19,22,24-25H,9-10,13-14,16H2,1-7H3,(H,40,47)(H,41,44)(H,42,46)/t18-,22+,24-,25-,33-/m1/s1. The topological polar surface area (TPSA) is 182 Å². The van der Waals surface area contributed by atoms with Crippen LogP contribution in [0.1, 0.15) is 67.2 Å². The minimum Gasteiger partial charge on any atom is -0.494 e. The second-order valence-electron chi connectivity index (χ2n) is 15.7. The Morgan fingerprint density at radius 3 is 2.26 bits per heavy atom. The summed E-state index contributed by atoms with van der Waals surface area (Å²) in [7, 11) is -2.83. The van der Waals surface area contributed by atoms with Gasteiger partial charge >= 0.3 is 12.3 Å². The maximum absolute atomic E-state index is 14.4. The Morgan fingerprint density at radius 2 is 1.72 bits per heavy atom. The van der Waals surface area contributed by atoms with Crippen LogP contribution < -0.4 is 24.8 Å². The lowest BCUT2D eigenvalue weighted by Crippen LogP contribution is -2.60. The van der Waals surface area contributed by atoms with Crippen LogP contribution in [0.15, 0.2) is 24.4 Å². The van der Waals surface area contributed by atoms with Crippen molar-refractivity contribution in [2.75, 3.05) is 13.7 Å². The SMILES string of the molecule is COc1cnc(O[C@@H]2C[C@@H](C(=O)N[C@]3(C(=O)NS(=O)(=O)C4CC4)C[C@H]3C(F)(F)F)N(C(=O)[C@@H](NC(=O)OC(C)(C)C)C(C)(C)C)C2)c2cc(Cl)ccc12. The van der Waals surface area contributed by atoms with E-state index in [9.17, 15) is 40.8 Å². The van der Waals surface area contributed by atoms with Gasteiger partial charge in [0.2, 0.25) is 27.7 Å². The molecular weight excluding hydrogens is 747 g/mol. The van der Waals surface area contributed by atoms with Crippen molar-refractivity contribution in [2.45, 2.75) is 108 Å². The molecule has 4 amide bonds. The van der Waals surface area contributed by atoms with Gasteiger partial charge in [-0.15, -0.1) is 0 Å². The molecular formula is C34H43ClF3N5O9S. The van der Waals surface area contributed by atoms with Crippen molar-refractivity contribution in [3.05, 3.63) is 29.4 Å². The summed E-state index contributed by atoms with van der Waals surface area (Å²) in [6, 6.07) is 2.04. The molecule has 2 heterocycles. The summed E-state index contributed by atoms with van der Waals surface area (Å²) in [5.74, 6) is -5.39. The minimum atomic E-state index is -4.97. The van der Waals surface area contributed by atoms with Crippen LogP contribution in [0.5, 0.6) is 11.6 Å². The smallest absolute Gasteiger partial charge is 0.408 e. The van der Waals surface area contributed by atoms with Crippen molar-refractivity contribution in [3.8, 4) is 11.6 Å². The summed E-state index contributed by atoms with van der Waals surface area (Å²) < 4.78 is 86.1. The number of likely N-dealkylation sites (tertiary alicyclic amines) is 1. The number of pyridine rings is 1. The lowest BCUT2D eigenvalue weighted by molar-refractivity contribution is -0.159. The number of hydrogen-bond donors (Lipinski definition) is 3. The highest BCUT2D eigenvalue weighted by atomic mass is 35.5. The third kappa shape index (κ3) is 8.85. The van der Waals surface area contributed by atoms with Gasteiger partial charge in [0.15, 0.2) is 0 Å². The van der Waals surface area contributed by atoms with Crippen LogP contribution in [-0.4, -0.2) is 96.5 Å². The van der Waals surface area contributed by atoms with Crippen LogP contribution >= 0.6 is 11.6 Å². The average Bonchev–Trinajstić information content (AvgIpc) is 3.95. The van der Waals surface area contributed by atoms with Gasteiger partial charge in [0.25, 0.3) is 5.91 Å². The average molecular weight is 790 g/mol. The highest BCUT2D eigenvalue weighted by Gasteiger charge is 2.72. The number of rotatable bonds is 10. The van der Waals surface area contributed by atoms with Crippen LogP contribution in [0.4, 0.5) is 18.0 Å². The van der Waals surface area contributed by atoms with Gasteiger partial charge < -0.3 is 29.7 Å². The Labute approximate surface area is 309 Å². The van der Waals surface area contributed by atoms with Gasteiger partial charge in [0, 0.05) is 22.2 Å². The first kappa shape index (κ1) is 40.1. The second-order valence-corrected chi connectivity index (χ2v) is 18.1. The Morgan fingerprint density at radius 1 is 1.06 bits per heavy atom. The predicted octanol–water partition coefficient (Wildman–Crippen LogP) is 4.23. The van der Waals surface area contributed by atoms with Crippen molar-refractivity contribution in [3.63, 3.8) is 0 Å². The number of carbonyl (C=O) groups is 4. The van der Waals surface area contributed by atoms with Crippen LogP contribution in [0, 0.1) is 11.3 Å². The van der Waals surface area contributed by atoms with Crippen LogP contribution in [0.25, 0.3) is 10.8 Å². The minimum absolute atomic E-state index is 0.0569. The number of nitrogens with zero attached hydrogens (tertiary/aromatic N) is 2. The molecule has 292 valence electrons. The number of benzene rings is 1. The van der Waals surface area contributed by atoms with Crippen LogP contribution in [-0.2, 0) is 29.1 Å². The Bertz CT molecular complexity index is 1910. The van der Waals surface area contributed by atoms with Gasteiger partial charge in [-0.3, -0.25) is 19.1 Å². The lowest BCUT2D eigenvalue weighted by atomic mass is 9.85. The van der Waals surface area contributed by atoms with Crippen molar-refractivity contribution in [1.29, 1.82) is 0 Å². The number of alkyl halides is 3. The van der Waals surface area contributed by atoms with E-state index in [1.807, 2.05) is 0 Å². The van der Waals surface area contributed by atoms with E-state index in [0.29, 0.717) is 21.5 Å². The molecule has 0 bridgehead atoms. The van der Waals surface area contributed by atoms with Crippen LogP contribution in [0.2, 0.25) is 5.02 Å². The fourth-order valence-corrected chi connectivity index (χ4v) is 7.82. The van der Waals surface area contributed by atoms with Gasteiger partial charge in [-0.1, -0.05) is 32.4 Å². The molecule has 1 aliphatic heterocycles. The molecule has 3 fully saturated rings. The molecule has 1 aromatic carbocycles. The van der Waals surface area contributed by atoms with E-state index in [1.54, 1.807) is 64.5 Å². The molecule has 0 unspecified atom stereocenters. The number of carbonyl (C=O) groups excluding carboxylic acids is 4. The number of amides is 4. The van der Waals surface area contributed by atoms with Gasteiger partial charge in [-0.25, -0.2) is 18.2 Å². The molecule has 19 heteroatoms. The number of hydrogen-bond acceptors (Lipinski definition) is 10. The number of aromatic nitrogens is 1. The highest BCUT2D eigenvalue weighted by Crippen LogP contribution is 2.54. The molecule has 2 saturated carbocycles. The summed E-state index contributed by atoms with van der Waals surface area (Å²) >= 11 is 6.26. The molecule has 0 radical (unpaired) electrons. The van der Waals surface area contributed by atoms with E-state index >= 15 is 0 Å². The van der Waals surface area contributed by atoms with Gasteiger partial charge in [0.1, 0.15) is 35.1 Å². The zero-order valence-electron chi connectivity index (χ0n) is 30.2. The molecule has 5 atom stereocenters. The summed E-state index contributed by atoms with van der Waals surface area (Å²) in [5, 5.41) is 5.16. The predicted molar refractivity (Wildman–Crippen MR) is 186 cm³/mol. The molecule has 1 aromatic heterocycles.